The lowest BCUT2D eigenvalue weighted by Gasteiger charge is -2.26. The Bertz CT molecular complexity index is 541. The van der Waals surface area contributed by atoms with Crippen molar-refractivity contribution < 1.29 is 9.59 Å². The van der Waals surface area contributed by atoms with E-state index in [4.69, 9.17) is 11.6 Å². The van der Waals surface area contributed by atoms with Crippen LogP contribution in [0.4, 0.5) is 0 Å². The van der Waals surface area contributed by atoms with E-state index in [-0.39, 0.29) is 18.4 Å². The first-order valence-corrected chi connectivity index (χ1v) is 7.73. The van der Waals surface area contributed by atoms with E-state index in [2.05, 4.69) is 5.32 Å². The molecule has 2 amide bonds. The van der Waals surface area contributed by atoms with Crippen LogP contribution in [-0.2, 0) is 15.0 Å². The number of hydrogen-bond acceptors (Lipinski definition) is 2. The fourth-order valence-electron chi connectivity index (χ4n) is 2.59. The predicted molar refractivity (Wildman–Crippen MR) is 83.3 cm³/mol. The van der Waals surface area contributed by atoms with Crippen molar-refractivity contribution in [1.82, 2.24) is 10.2 Å². The first-order chi connectivity index (χ1) is 10.0. The van der Waals surface area contributed by atoms with Crippen LogP contribution in [0.15, 0.2) is 24.3 Å². The fourth-order valence-corrected chi connectivity index (χ4v) is 2.78. The van der Waals surface area contributed by atoms with Crippen molar-refractivity contribution in [3.8, 4) is 0 Å². The quantitative estimate of drug-likeness (QED) is 0.877. The van der Waals surface area contributed by atoms with Gasteiger partial charge >= 0.3 is 0 Å². The zero-order valence-corrected chi connectivity index (χ0v) is 13.2. The van der Waals surface area contributed by atoms with Crippen molar-refractivity contribution in [1.29, 1.82) is 0 Å². The van der Waals surface area contributed by atoms with Gasteiger partial charge in [-0.25, -0.2) is 0 Å². The molecule has 0 bridgehead atoms. The minimum Gasteiger partial charge on any atom is -0.355 e. The number of rotatable bonds is 6. The fraction of sp³-hybridized carbons (Fsp3) is 0.500. The van der Waals surface area contributed by atoms with E-state index in [9.17, 15) is 9.59 Å². The molecule has 1 aromatic carbocycles. The van der Waals surface area contributed by atoms with E-state index in [0.29, 0.717) is 18.1 Å². The molecule has 0 unspecified atom stereocenters. The summed E-state index contributed by atoms with van der Waals surface area (Å²) in [6, 6.07) is 7.46. The van der Waals surface area contributed by atoms with Gasteiger partial charge in [0.05, 0.1) is 12.0 Å². The molecule has 0 heterocycles. The highest BCUT2D eigenvalue weighted by Crippen LogP contribution is 2.50. The van der Waals surface area contributed by atoms with Gasteiger partial charge in [-0.1, -0.05) is 23.7 Å². The minimum atomic E-state index is -0.479. The van der Waals surface area contributed by atoms with Crippen LogP contribution >= 0.6 is 11.6 Å². The molecule has 1 aromatic rings. The van der Waals surface area contributed by atoms with Gasteiger partial charge in [-0.05, 0) is 44.4 Å². The third-order valence-corrected chi connectivity index (χ3v) is 4.15. The van der Waals surface area contributed by atoms with E-state index in [1.165, 1.54) is 0 Å². The topological polar surface area (TPSA) is 49.4 Å². The van der Waals surface area contributed by atoms with Gasteiger partial charge in [-0.2, -0.15) is 0 Å². The second kappa shape index (κ2) is 6.48. The molecule has 2 rings (SSSR count). The third-order valence-electron chi connectivity index (χ3n) is 3.91. The monoisotopic (exact) mass is 308 g/mol. The molecule has 1 N–H and O–H groups in total. The van der Waals surface area contributed by atoms with Crippen molar-refractivity contribution in [3.05, 3.63) is 34.9 Å². The van der Waals surface area contributed by atoms with Crippen molar-refractivity contribution in [3.63, 3.8) is 0 Å². The number of likely N-dealkylation sites (N-methyl/N-ethyl adjacent to an activating group) is 2. The Labute approximate surface area is 130 Å². The van der Waals surface area contributed by atoms with Gasteiger partial charge in [0.2, 0.25) is 11.8 Å². The number of carbonyl (C=O) groups is 2. The van der Waals surface area contributed by atoms with Gasteiger partial charge in [0.15, 0.2) is 0 Å². The van der Waals surface area contributed by atoms with E-state index in [1.807, 2.05) is 32.0 Å². The summed E-state index contributed by atoms with van der Waals surface area (Å²) in [6.45, 7) is 4.98. The van der Waals surface area contributed by atoms with Crippen LogP contribution in [0.1, 0.15) is 32.3 Å². The molecule has 0 radical (unpaired) electrons. The molecule has 1 aliphatic rings. The third kappa shape index (κ3) is 3.38. The summed E-state index contributed by atoms with van der Waals surface area (Å²) in [5.41, 5.74) is 0.474. The highest BCUT2D eigenvalue weighted by atomic mass is 35.5. The lowest BCUT2D eigenvalue weighted by Crippen LogP contribution is -2.45. The van der Waals surface area contributed by atoms with E-state index in [0.717, 1.165) is 18.4 Å². The molecule has 0 spiro atoms. The first kappa shape index (κ1) is 15.8. The van der Waals surface area contributed by atoms with Gasteiger partial charge < -0.3 is 10.2 Å². The summed E-state index contributed by atoms with van der Waals surface area (Å²) in [7, 11) is 0. The van der Waals surface area contributed by atoms with Gasteiger partial charge in [0, 0.05) is 18.1 Å². The summed E-state index contributed by atoms with van der Waals surface area (Å²) in [4.78, 5) is 26.2. The Balaban J connectivity index is 2.15. The molecule has 21 heavy (non-hydrogen) atoms. The van der Waals surface area contributed by atoms with Crippen molar-refractivity contribution >= 4 is 23.4 Å². The highest BCUT2D eigenvalue weighted by molar-refractivity contribution is 6.30. The van der Waals surface area contributed by atoms with E-state index in [1.54, 1.807) is 11.0 Å². The van der Waals surface area contributed by atoms with Crippen molar-refractivity contribution in [2.24, 2.45) is 0 Å². The Morgan fingerprint density at radius 1 is 1.33 bits per heavy atom. The summed E-state index contributed by atoms with van der Waals surface area (Å²) in [5.74, 6) is -0.0897. The average Bonchev–Trinajstić information content (AvgIpc) is 3.26. The molecule has 1 aliphatic carbocycles. The zero-order chi connectivity index (χ0) is 15.5. The number of carbonyl (C=O) groups excluding carboxylic acids is 2. The standard InChI is InChI=1S/C16H21ClN2O2/c1-3-18-14(20)11-19(4-2)15(21)16(8-9-16)12-6-5-7-13(17)10-12/h5-7,10H,3-4,8-9,11H2,1-2H3,(H,18,20). The maximum atomic E-state index is 12.8. The van der Waals surface area contributed by atoms with Gasteiger partial charge in [0.1, 0.15) is 0 Å². The minimum absolute atomic E-state index is 0.0264. The normalized spacial score (nSPS) is 15.4. The number of nitrogens with one attached hydrogen (secondary N) is 1. The predicted octanol–water partition coefficient (Wildman–Crippen LogP) is 2.36. The van der Waals surface area contributed by atoms with Crippen LogP contribution in [0, 0.1) is 0 Å². The summed E-state index contributed by atoms with van der Waals surface area (Å²) >= 11 is 6.03. The Kier molecular flexibility index (Phi) is 4.88. The van der Waals surface area contributed by atoms with Crippen LogP contribution in [0.3, 0.4) is 0 Å². The van der Waals surface area contributed by atoms with Crippen LogP contribution in [0.5, 0.6) is 0 Å². The van der Waals surface area contributed by atoms with E-state index >= 15 is 0 Å². The van der Waals surface area contributed by atoms with Crippen LogP contribution in [-0.4, -0.2) is 36.3 Å². The Morgan fingerprint density at radius 3 is 2.57 bits per heavy atom. The Morgan fingerprint density at radius 2 is 2.05 bits per heavy atom. The number of benzene rings is 1. The summed E-state index contributed by atoms with van der Waals surface area (Å²) in [5, 5.41) is 3.37. The second-order valence-electron chi connectivity index (χ2n) is 5.37. The molecule has 0 aromatic heterocycles. The molecule has 1 saturated carbocycles. The molecule has 4 nitrogen and oxygen atoms in total. The molecule has 5 heteroatoms. The number of nitrogens with zero attached hydrogens (tertiary/aromatic N) is 1. The summed E-state index contributed by atoms with van der Waals surface area (Å²) < 4.78 is 0. The molecule has 114 valence electrons. The maximum Gasteiger partial charge on any atom is 0.239 e. The maximum absolute atomic E-state index is 12.8. The van der Waals surface area contributed by atoms with Crippen LogP contribution < -0.4 is 5.32 Å². The SMILES string of the molecule is CCNC(=O)CN(CC)C(=O)C1(c2cccc(Cl)c2)CC1. The van der Waals surface area contributed by atoms with Crippen molar-refractivity contribution in [2.45, 2.75) is 32.1 Å². The second-order valence-corrected chi connectivity index (χ2v) is 5.80. The van der Waals surface area contributed by atoms with E-state index < -0.39 is 5.41 Å². The average molecular weight is 309 g/mol. The molecule has 0 aliphatic heterocycles. The van der Waals surface area contributed by atoms with Crippen molar-refractivity contribution in [2.75, 3.05) is 19.6 Å². The van der Waals surface area contributed by atoms with Gasteiger partial charge in [-0.15, -0.1) is 0 Å². The molecule has 0 saturated heterocycles. The van der Waals surface area contributed by atoms with Crippen LogP contribution in [0.25, 0.3) is 0 Å². The molecule has 1 fully saturated rings. The van der Waals surface area contributed by atoms with Crippen LogP contribution in [0.2, 0.25) is 5.02 Å². The molecular formula is C16H21ClN2O2. The smallest absolute Gasteiger partial charge is 0.239 e. The molecular weight excluding hydrogens is 288 g/mol. The largest absolute Gasteiger partial charge is 0.355 e. The first-order valence-electron chi connectivity index (χ1n) is 7.35. The highest BCUT2D eigenvalue weighted by Gasteiger charge is 2.53. The molecule has 0 atom stereocenters. The zero-order valence-electron chi connectivity index (χ0n) is 12.5. The lowest BCUT2D eigenvalue weighted by molar-refractivity contribution is -0.138. The van der Waals surface area contributed by atoms with Gasteiger partial charge in [0.25, 0.3) is 0 Å². The number of halogens is 1. The lowest BCUT2D eigenvalue weighted by atomic mass is 9.94. The summed E-state index contributed by atoms with van der Waals surface area (Å²) in [6.07, 6.45) is 1.64. The Hall–Kier alpha value is -1.55. The van der Waals surface area contributed by atoms with Gasteiger partial charge in [-0.3, -0.25) is 9.59 Å². The number of hydrogen-bond donors (Lipinski definition) is 1. The number of amides is 2.